The van der Waals surface area contributed by atoms with E-state index in [0.29, 0.717) is 6.42 Å². The van der Waals surface area contributed by atoms with Crippen LogP contribution in [0.3, 0.4) is 0 Å². The van der Waals surface area contributed by atoms with Crippen LogP contribution in [0.25, 0.3) is 0 Å². The van der Waals surface area contributed by atoms with E-state index in [2.05, 4.69) is 4.72 Å². The molecule has 0 aliphatic carbocycles. The van der Waals surface area contributed by atoms with Crippen LogP contribution in [0.15, 0.2) is 17.0 Å². The van der Waals surface area contributed by atoms with Crippen molar-refractivity contribution in [1.29, 1.82) is 0 Å². The number of sulfonamides is 1. The maximum Gasteiger partial charge on any atom is 0.240 e. The smallest absolute Gasteiger partial charge is 0.240 e. The quantitative estimate of drug-likeness (QED) is 0.749. The van der Waals surface area contributed by atoms with E-state index in [0.717, 1.165) is 11.8 Å². The van der Waals surface area contributed by atoms with E-state index in [1.54, 1.807) is 18.7 Å². The van der Waals surface area contributed by atoms with Gasteiger partial charge in [0, 0.05) is 6.04 Å². The van der Waals surface area contributed by atoms with Crippen molar-refractivity contribution in [2.24, 2.45) is 0 Å². The monoisotopic (exact) mass is 322 g/mol. The lowest BCUT2D eigenvalue weighted by atomic mass is 10.3. The highest BCUT2D eigenvalue weighted by molar-refractivity contribution is 7.98. The fraction of sp³-hybridized carbons (Fsp3) is 0.500. The zero-order valence-corrected chi connectivity index (χ0v) is 13.3. The standard InChI is InChI=1S/C12H19FN2O3S2/c1-8(4-5-19-3)15-20(16,17)9-6-10(13)12(18-2)11(14)7-9/h6-8,15H,4-5,14H2,1-3H3. The van der Waals surface area contributed by atoms with Crippen LogP contribution < -0.4 is 15.2 Å². The van der Waals surface area contributed by atoms with Crippen LogP contribution in [-0.2, 0) is 10.0 Å². The Kier molecular flexibility index (Phi) is 6.09. The van der Waals surface area contributed by atoms with Crippen molar-refractivity contribution in [2.75, 3.05) is 24.9 Å². The van der Waals surface area contributed by atoms with E-state index in [1.807, 2.05) is 6.26 Å². The van der Waals surface area contributed by atoms with Gasteiger partial charge in [-0.05, 0) is 37.5 Å². The summed E-state index contributed by atoms with van der Waals surface area (Å²) in [5.41, 5.74) is 5.53. The van der Waals surface area contributed by atoms with Gasteiger partial charge in [0.1, 0.15) is 0 Å². The fourth-order valence-electron chi connectivity index (χ4n) is 1.65. The van der Waals surface area contributed by atoms with Gasteiger partial charge in [-0.25, -0.2) is 17.5 Å². The number of methoxy groups -OCH3 is 1. The van der Waals surface area contributed by atoms with Gasteiger partial charge in [-0.2, -0.15) is 11.8 Å². The lowest BCUT2D eigenvalue weighted by Gasteiger charge is -2.15. The number of anilines is 1. The minimum Gasteiger partial charge on any atom is -0.492 e. The summed E-state index contributed by atoms with van der Waals surface area (Å²) in [6.45, 7) is 1.76. The molecule has 1 aromatic carbocycles. The number of benzene rings is 1. The molecule has 1 atom stereocenters. The lowest BCUT2D eigenvalue weighted by Crippen LogP contribution is -2.33. The van der Waals surface area contributed by atoms with E-state index in [-0.39, 0.29) is 22.4 Å². The van der Waals surface area contributed by atoms with E-state index in [1.165, 1.54) is 13.2 Å². The molecular weight excluding hydrogens is 303 g/mol. The zero-order chi connectivity index (χ0) is 15.3. The molecule has 0 amide bonds. The molecule has 0 fully saturated rings. The molecule has 0 saturated carbocycles. The summed E-state index contributed by atoms with van der Waals surface area (Å²) in [5.74, 6) is -0.118. The number of hydrogen-bond acceptors (Lipinski definition) is 5. The number of nitrogens with two attached hydrogens (primary N) is 1. The number of ether oxygens (including phenoxy) is 1. The summed E-state index contributed by atoms with van der Waals surface area (Å²) < 4.78 is 45.2. The highest BCUT2D eigenvalue weighted by Gasteiger charge is 2.21. The van der Waals surface area contributed by atoms with Crippen LogP contribution in [0.4, 0.5) is 10.1 Å². The number of halogens is 1. The summed E-state index contributed by atoms with van der Waals surface area (Å²) in [5, 5.41) is 0. The van der Waals surface area contributed by atoms with Crippen molar-refractivity contribution >= 4 is 27.5 Å². The van der Waals surface area contributed by atoms with Crippen molar-refractivity contribution < 1.29 is 17.5 Å². The van der Waals surface area contributed by atoms with E-state index in [4.69, 9.17) is 10.5 Å². The third-order valence-corrected chi connectivity index (χ3v) is 4.88. The molecule has 0 radical (unpaired) electrons. The second-order valence-corrected chi connectivity index (χ2v) is 7.03. The van der Waals surface area contributed by atoms with E-state index < -0.39 is 15.8 Å². The lowest BCUT2D eigenvalue weighted by molar-refractivity contribution is 0.388. The maximum atomic E-state index is 13.7. The predicted molar refractivity (Wildman–Crippen MR) is 80.1 cm³/mol. The third-order valence-electron chi connectivity index (χ3n) is 2.67. The zero-order valence-electron chi connectivity index (χ0n) is 11.6. The Morgan fingerprint density at radius 1 is 1.50 bits per heavy atom. The average molecular weight is 322 g/mol. The molecule has 0 aromatic heterocycles. The molecule has 0 heterocycles. The van der Waals surface area contributed by atoms with Crippen LogP contribution >= 0.6 is 11.8 Å². The summed E-state index contributed by atoms with van der Waals surface area (Å²) in [6, 6.07) is 1.85. The Hall–Kier alpha value is -0.990. The topological polar surface area (TPSA) is 81.4 Å². The van der Waals surface area contributed by atoms with Crippen molar-refractivity contribution in [1.82, 2.24) is 4.72 Å². The molecule has 0 spiro atoms. The summed E-state index contributed by atoms with van der Waals surface area (Å²) in [6.07, 6.45) is 2.63. The molecule has 0 bridgehead atoms. The Morgan fingerprint density at radius 2 is 2.15 bits per heavy atom. The van der Waals surface area contributed by atoms with Crippen molar-refractivity contribution in [2.45, 2.75) is 24.3 Å². The number of nitrogen functional groups attached to an aromatic ring is 1. The number of thioether (sulfide) groups is 1. The summed E-state index contributed by atoms with van der Waals surface area (Å²) >= 11 is 1.63. The average Bonchev–Trinajstić information content (AvgIpc) is 2.35. The largest absolute Gasteiger partial charge is 0.492 e. The minimum atomic E-state index is -3.79. The van der Waals surface area contributed by atoms with Gasteiger partial charge < -0.3 is 10.5 Å². The summed E-state index contributed by atoms with van der Waals surface area (Å²) in [4.78, 5) is -0.204. The van der Waals surface area contributed by atoms with Crippen molar-refractivity contribution in [3.05, 3.63) is 17.9 Å². The van der Waals surface area contributed by atoms with Crippen LogP contribution in [0, 0.1) is 5.82 Å². The number of hydrogen-bond donors (Lipinski definition) is 2. The molecule has 0 saturated heterocycles. The SMILES string of the molecule is COc1c(N)cc(S(=O)(=O)NC(C)CCSC)cc1F. The Labute approximate surface area is 123 Å². The molecule has 20 heavy (non-hydrogen) atoms. The van der Waals surface area contributed by atoms with Gasteiger partial charge in [0.25, 0.3) is 0 Å². The van der Waals surface area contributed by atoms with Crippen LogP contribution in [0.5, 0.6) is 5.75 Å². The van der Waals surface area contributed by atoms with Crippen molar-refractivity contribution in [3.63, 3.8) is 0 Å². The molecule has 0 aliphatic heterocycles. The fourth-order valence-corrected chi connectivity index (χ4v) is 3.56. The molecule has 3 N–H and O–H groups in total. The Morgan fingerprint density at radius 3 is 2.65 bits per heavy atom. The van der Waals surface area contributed by atoms with Gasteiger partial charge in [-0.3, -0.25) is 0 Å². The second-order valence-electron chi connectivity index (χ2n) is 4.33. The maximum absolute atomic E-state index is 13.7. The molecular formula is C12H19FN2O3S2. The predicted octanol–water partition coefficient (Wildman–Crippen LogP) is 1.84. The van der Waals surface area contributed by atoms with Gasteiger partial charge >= 0.3 is 0 Å². The van der Waals surface area contributed by atoms with Crippen LogP contribution in [0.1, 0.15) is 13.3 Å². The van der Waals surface area contributed by atoms with Gasteiger partial charge in [0.05, 0.1) is 17.7 Å². The van der Waals surface area contributed by atoms with E-state index in [9.17, 15) is 12.8 Å². The van der Waals surface area contributed by atoms with Crippen LogP contribution in [0.2, 0.25) is 0 Å². The normalized spacial score (nSPS) is 13.2. The first kappa shape index (κ1) is 17.1. The van der Waals surface area contributed by atoms with Crippen LogP contribution in [-0.4, -0.2) is 33.6 Å². The highest BCUT2D eigenvalue weighted by Crippen LogP contribution is 2.28. The van der Waals surface area contributed by atoms with Crippen molar-refractivity contribution in [3.8, 4) is 5.75 Å². The van der Waals surface area contributed by atoms with Gasteiger partial charge in [-0.1, -0.05) is 0 Å². The first-order chi connectivity index (χ1) is 9.31. The summed E-state index contributed by atoms with van der Waals surface area (Å²) in [7, 11) is -2.53. The first-order valence-electron chi connectivity index (χ1n) is 5.96. The Balaban J connectivity index is 2.99. The molecule has 1 aromatic rings. The van der Waals surface area contributed by atoms with Gasteiger partial charge in [-0.15, -0.1) is 0 Å². The molecule has 0 aliphatic rings. The molecule has 114 valence electrons. The van der Waals surface area contributed by atoms with Gasteiger partial charge in [0.2, 0.25) is 10.0 Å². The number of nitrogens with one attached hydrogen (secondary N) is 1. The Bertz CT molecular complexity index is 541. The second kappa shape index (κ2) is 7.14. The highest BCUT2D eigenvalue weighted by atomic mass is 32.2. The first-order valence-corrected chi connectivity index (χ1v) is 8.83. The number of rotatable bonds is 7. The molecule has 8 heteroatoms. The van der Waals surface area contributed by atoms with E-state index >= 15 is 0 Å². The molecule has 1 rings (SSSR count). The minimum absolute atomic E-state index is 0.0513. The molecule has 1 unspecified atom stereocenters. The third kappa shape index (κ3) is 4.26. The van der Waals surface area contributed by atoms with Gasteiger partial charge in [0.15, 0.2) is 11.6 Å². The molecule has 5 nitrogen and oxygen atoms in total.